The van der Waals surface area contributed by atoms with E-state index in [1.54, 1.807) is 0 Å². The van der Waals surface area contributed by atoms with Crippen LogP contribution >= 0.6 is 11.6 Å². The Morgan fingerprint density at radius 2 is 1.38 bits per heavy atom. The maximum absolute atomic E-state index is 11.2. The molecule has 0 atom stereocenters. The third kappa shape index (κ3) is 4.50. The average Bonchev–Trinajstić information content (AvgIpc) is 2.98. The Morgan fingerprint density at radius 1 is 0.812 bits per heavy atom. The van der Waals surface area contributed by atoms with Gasteiger partial charge in [0.25, 0.3) is 0 Å². The molecule has 2 nitrogen and oxygen atoms in total. The van der Waals surface area contributed by atoms with E-state index in [-0.39, 0.29) is 0 Å². The topological polar surface area (TPSA) is 23.5 Å². The first-order valence-electron chi connectivity index (χ1n) is 12.0. The van der Waals surface area contributed by atoms with Crippen LogP contribution in [0.25, 0.3) is 0 Å². The monoisotopic (exact) mass is 445 g/mol. The molecule has 166 valence electrons. The van der Waals surface area contributed by atoms with Crippen LogP contribution in [0.5, 0.6) is 0 Å². The molecule has 0 aromatic heterocycles. The Hall–Kier alpha value is -2.13. The summed E-state index contributed by atoms with van der Waals surface area (Å²) in [5.41, 5.74) is 6.34. The van der Waals surface area contributed by atoms with Crippen molar-refractivity contribution in [3.05, 3.63) is 106 Å². The number of hydrogen-bond acceptors (Lipinski definition) is 2. The molecule has 3 aromatic rings. The average molecular weight is 446 g/mol. The molecule has 1 heterocycles. The number of piperidine rings is 1. The van der Waals surface area contributed by atoms with Gasteiger partial charge in [-0.1, -0.05) is 72.3 Å². The molecule has 0 spiro atoms. The molecule has 1 saturated heterocycles. The van der Waals surface area contributed by atoms with Crippen molar-refractivity contribution in [2.75, 3.05) is 19.6 Å². The normalized spacial score (nSPS) is 18.6. The molecule has 3 aromatic carbocycles. The third-order valence-corrected chi connectivity index (χ3v) is 7.81. The van der Waals surface area contributed by atoms with E-state index >= 15 is 0 Å². The highest BCUT2D eigenvalue weighted by Gasteiger charge is 2.34. The van der Waals surface area contributed by atoms with E-state index in [0.29, 0.717) is 5.92 Å². The maximum atomic E-state index is 11.2. The van der Waals surface area contributed by atoms with Crippen LogP contribution in [0.15, 0.2) is 72.8 Å². The van der Waals surface area contributed by atoms with Crippen molar-refractivity contribution in [1.29, 1.82) is 0 Å². The van der Waals surface area contributed by atoms with Crippen LogP contribution in [0.3, 0.4) is 0 Å². The van der Waals surface area contributed by atoms with Gasteiger partial charge in [0.15, 0.2) is 0 Å². The zero-order chi connectivity index (χ0) is 22.0. The van der Waals surface area contributed by atoms with E-state index in [9.17, 15) is 5.11 Å². The first-order chi connectivity index (χ1) is 15.6. The number of aryl methyl sites for hydroxylation is 2. The fourth-order valence-electron chi connectivity index (χ4n) is 5.67. The van der Waals surface area contributed by atoms with Gasteiger partial charge < -0.3 is 10.0 Å². The summed E-state index contributed by atoms with van der Waals surface area (Å²) >= 11 is 6.02. The molecule has 1 aliphatic heterocycles. The zero-order valence-corrected chi connectivity index (χ0v) is 19.4. The molecule has 1 N–H and O–H groups in total. The predicted molar refractivity (Wildman–Crippen MR) is 132 cm³/mol. The summed E-state index contributed by atoms with van der Waals surface area (Å²) in [5.74, 6) is 0.487. The molecule has 2 aliphatic rings. The molecule has 0 unspecified atom stereocenters. The Bertz CT molecular complexity index is 1010. The quantitative estimate of drug-likeness (QED) is 0.495. The molecule has 1 aliphatic carbocycles. The van der Waals surface area contributed by atoms with Gasteiger partial charge in [0, 0.05) is 24.0 Å². The van der Waals surface area contributed by atoms with E-state index in [2.05, 4.69) is 53.4 Å². The minimum atomic E-state index is -0.722. The summed E-state index contributed by atoms with van der Waals surface area (Å²) in [6.07, 6.45) is 6.18. The van der Waals surface area contributed by atoms with E-state index in [1.165, 1.54) is 35.1 Å². The highest BCUT2D eigenvalue weighted by molar-refractivity contribution is 6.30. The first-order valence-corrected chi connectivity index (χ1v) is 12.4. The van der Waals surface area contributed by atoms with Crippen LogP contribution < -0.4 is 0 Å². The van der Waals surface area contributed by atoms with E-state index in [0.717, 1.165) is 55.9 Å². The van der Waals surface area contributed by atoms with Crippen molar-refractivity contribution in [2.24, 2.45) is 0 Å². The van der Waals surface area contributed by atoms with Crippen LogP contribution in [0.4, 0.5) is 0 Å². The minimum absolute atomic E-state index is 0.487. The third-order valence-electron chi connectivity index (χ3n) is 7.56. The second-order valence-corrected chi connectivity index (χ2v) is 9.91. The van der Waals surface area contributed by atoms with Crippen molar-refractivity contribution in [3.63, 3.8) is 0 Å². The Morgan fingerprint density at radius 3 is 1.97 bits per heavy atom. The highest BCUT2D eigenvalue weighted by atomic mass is 35.5. The number of nitrogens with zero attached hydrogens (tertiary/aromatic N) is 1. The van der Waals surface area contributed by atoms with Gasteiger partial charge in [0.05, 0.1) is 5.60 Å². The van der Waals surface area contributed by atoms with Gasteiger partial charge in [-0.3, -0.25) is 0 Å². The zero-order valence-electron chi connectivity index (χ0n) is 18.6. The number of fused-ring (bicyclic) bond motifs is 2. The van der Waals surface area contributed by atoms with Crippen LogP contribution in [0.2, 0.25) is 5.02 Å². The summed E-state index contributed by atoms with van der Waals surface area (Å²) in [6.45, 7) is 2.98. The lowest BCUT2D eigenvalue weighted by Crippen LogP contribution is -2.42. The van der Waals surface area contributed by atoms with Crippen molar-refractivity contribution < 1.29 is 5.11 Å². The Balaban J connectivity index is 1.22. The smallest absolute Gasteiger partial charge is 0.0920 e. The van der Waals surface area contributed by atoms with Crippen molar-refractivity contribution in [2.45, 2.75) is 50.0 Å². The van der Waals surface area contributed by atoms with Gasteiger partial charge in [0.2, 0.25) is 0 Å². The van der Waals surface area contributed by atoms with Gasteiger partial charge in [-0.05, 0) is 85.0 Å². The number of rotatable bonds is 5. The van der Waals surface area contributed by atoms with Crippen molar-refractivity contribution in [3.8, 4) is 0 Å². The van der Waals surface area contributed by atoms with Crippen LogP contribution in [-0.4, -0.2) is 29.6 Å². The Labute approximate surface area is 196 Å². The highest BCUT2D eigenvalue weighted by Crippen LogP contribution is 2.38. The SMILES string of the molecule is OC1(c2ccc(Cl)cc2)CCN(CCCC2c3ccccc3CCc3ccccc32)CC1. The number of hydrogen-bond donors (Lipinski definition) is 1. The molecule has 0 bridgehead atoms. The lowest BCUT2D eigenvalue weighted by atomic mass is 9.83. The fraction of sp³-hybridized carbons (Fsp3) is 0.379. The van der Waals surface area contributed by atoms with Gasteiger partial charge in [-0.15, -0.1) is 0 Å². The summed E-state index contributed by atoms with van der Waals surface area (Å²) in [6, 6.07) is 25.8. The fourth-order valence-corrected chi connectivity index (χ4v) is 5.79. The number of halogens is 1. The summed E-state index contributed by atoms with van der Waals surface area (Å²) in [4.78, 5) is 2.53. The second kappa shape index (κ2) is 9.39. The standard InChI is InChI=1S/C29H32ClNO/c30-25-15-13-24(14-16-25)29(32)17-20-31(21-18-29)19-5-10-28-26-8-3-1-6-22(26)11-12-23-7-2-4-9-27(23)28/h1-4,6-9,13-16,28,32H,5,10-12,17-21H2. The molecule has 0 saturated carbocycles. The second-order valence-electron chi connectivity index (χ2n) is 9.47. The van der Waals surface area contributed by atoms with Crippen LogP contribution in [0.1, 0.15) is 59.4 Å². The maximum Gasteiger partial charge on any atom is 0.0920 e. The minimum Gasteiger partial charge on any atom is -0.385 e. The molecule has 5 rings (SSSR count). The van der Waals surface area contributed by atoms with Crippen LogP contribution in [0, 0.1) is 0 Å². The summed E-state index contributed by atoms with van der Waals surface area (Å²) in [5, 5.41) is 11.9. The van der Waals surface area contributed by atoms with E-state index in [4.69, 9.17) is 11.6 Å². The van der Waals surface area contributed by atoms with Crippen LogP contribution in [-0.2, 0) is 18.4 Å². The summed E-state index contributed by atoms with van der Waals surface area (Å²) in [7, 11) is 0. The molecule has 1 fully saturated rings. The number of benzene rings is 3. The predicted octanol–water partition coefficient (Wildman–Crippen LogP) is 6.33. The largest absolute Gasteiger partial charge is 0.385 e. The van der Waals surface area contributed by atoms with Crippen molar-refractivity contribution >= 4 is 11.6 Å². The Kier molecular flexibility index (Phi) is 6.37. The van der Waals surface area contributed by atoms with Gasteiger partial charge in [0.1, 0.15) is 0 Å². The lowest BCUT2D eigenvalue weighted by molar-refractivity contribution is -0.0261. The molecule has 0 radical (unpaired) electrons. The first kappa shape index (κ1) is 21.7. The van der Waals surface area contributed by atoms with E-state index in [1.807, 2.05) is 24.3 Å². The lowest BCUT2D eigenvalue weighted by Gasteiger charge is -2.38. The summed E-state index contributed by atoms with van der Waals surface area (Å²) < 4.78 is 0. The molecule has 0 amide bonds. The van der Waals surface area contributed by atoms with Crippen molar-refractivity contribution in [1.82, 2.24) is 4.90 Å². The number of aliphatic hydroxyl groups is 1. The number of likely N-dealkylation sites (tertiary alicyclic amines) is 1. The van der Waals surface area contributed by atoms with E-state index < -0.39 is 5.60 Å². The molecular formula is C29H32ClNO. The van der Waals surface area contributed by atoms with Gasteiger partial charge in [-0.2, -0.15) is 0 Å². The van der Waals surface area contributed by atoms with Gasteiger partial charge in [-0.25, -0.2) is 0 Å². The van der Waals surface area contributed by atoms with Gasteiger partial charge >= 0.3 is 0 Å². The molecule has 32 heavy (non-hydrogen) atoms. The molecule has 3 heteroatoms. The molecular weight excluding hydrogens is 414 g/mol.